The monoisotopic (exact) mass is 400 g/mol. The number of hydrogen-bond acceptors (Lipinski definition) is 6. The minimum atomic E-state index is -0.252. The second-order valence-corrected chi connectivity index (χ2v) is 8.66. The van der Waals surface area contributed by atoms with Gasteiger partial charge in [0, 0.05) is 24.7 Å². The number of thioether (sulfide) groups is 1. The lowest BCUT2D eigenvalue weighted by atomic mass is 9.95. The van der Waals surface area contributed by atoms with E-state index in [-0.39, 0.29) is 23.0 Å². The van der Waals surface area contributed by atoms with Crippen LogP contribution < -0.4 is 5.32 Å². The Balaban J connectivity index is 1.27. The smallest absolute Gasteiger partial charge is 0.235 e. The van der Waals surface area contributed by atoms with Gasteiger partial charge in [0.2, 0.25) is 17.0 Å². The molecule has 1 aliphatic carbocycles. The summed E-state index contributed by atoms with van der Waals surface area (Å²) >= 11 is 1.41. The van der Waals surface area contributed by atoms with Crippen LogP contribution in [0.2, 0.25) is 0 Å². The first kappa shape index (κ1) is 18.9. The summed E-state index contributed by atoms with van der Waals surface area (Å²) in [6.45, 7) is 3.10. The second-order valence-electron chi connectivity index (χ2n) is 7.35. The van der Waals surface area contributed by atoms with Crippen molar-refractivity contribution in [3.63, 3.8) is 0 Å². The highest BCUT2D eigenvalue weighted by Crippen LogP contribution is 2.37. The van der Waals surface area contributed by atoms with Crippen molar-refractivity contribution >= 4 is 29.3 Å². The molecule has 148 valence electrons. The molecule has 0 bridgehead atoms. The first-order valence-corrected chi connectivity index (χ1v) is 10.6. The predicted molar refractivity (Wildman–Crippen MR) is 106 cm³/mol. The molecular formula is C19H24N6O2S. The standard InChI is InChI=1S/C19H24N6O2S/c1-13(28-19-21-22-23-25(19)16-7-8-16)18(27)24-11-9-14(10-12-24)17(26)20-15-5-3-2-4-6-15/h2-6,13-14,16H,7-12H2,1H3,(H,20,26). The summed E-state index contributed by atoms with van der Waals surface area (Å²) in [4.78, 5) is 27.1. The van der Waals surface area contributed by atoms with Gasteiger partial charge in [-0.05, 0) is 55.2 Å². The minimum absolute atomic E-state index is 0.0318. The number of aromatic nitrogens is 4. The molecule has 9 heteroatoms. The molecule has 28 heavy (non-hydrogen) atoms. The molecule has 2 amide bonds. The maximum atomic E-state index is 12.8. The molecule has 8 nitrogen and oxygen atoms in total. The van der Waals surface area contributed by atoms with E-state index >= 15 is 0 Å². The molecule has 0 radical (unpaired) electrons. The third kappa shape index (κ3) is 4.35. The van der Waals surface area contributed by atoms with E-state index < -0.39 is 0 Å². The summed E-state index contributed by atoms with van der Waals surface area (Å²) in [5.41, 5.74) is 0.810. The first-order chi connectivity index (χ1) is 13.6. The van der Waals surface area contributed by atoms with E-state index in [0.29, 0.717) is 37.1 Å². The molecule has 1 N–H and O–H groups in total. The number of tetrazole rings is 1. The van der Waals surface area contributed by atoms with Gasteiger partial charge in [-0.2, -0.15) is 0 Å². The number of para-hydroxylation sites is 1. The van der Waals surface area contributed by atoms with Crippen LogP contribution in [0.25, 0.3) is 0 Å². The van der Waals surface area contributed by atoms with E-state index in [1.54, 1.807) is 0 Å². The number of benzene rings is 1. The molecule has 1 aromatic heterocycles. The molecule has 1 aliphatic heterocycles. The topological polar surface area (TPSA) is 93.0 Å². The lowest BCUT2D eigenvalue weighted by Gasteiger charge is -2.32. The van der Waals surface area contributed by atoms with E-state index in [9.17, 15) is 9.59 Å². The number of nitrogens with one attached hydrogen (secondary N) is 1. The maximum Gasteiger partial charge on any atom is 0.235 e. The van der Waals surface area contributed by atoms with Crippen molar-refractivity contribution in [2.75, 3.05) is 18.4 Å². The zero-order chi connectivity index (χ0) is 19.5. The number of amides is 2. The van der Waals surface area contributed by atoms with Crippen molar-refractivity contribution < 1.29 is 9.59 Å². The largest absolute Gasteiger partial charge is 0.342 e. The molecule has 2 aliphatic rings. The highest BCUT2D eigenvalue weighted by Gasteiger charge is 2.32. The van der Waals surface area contributed by atoms with Gasteiger partial charge < -0.3 is 10.2 Å². The zero-order valence-electron chi connectivity index (χ0n) is 15.8. The molecule has 0 spiro atoms. The lowest BCUT2D eigenvalue weighted by molar-refractivity contribution is -0.133. The SMILES string of the molecule is CC(Sc1nnnn1C1CC1)C(=O)N1CCC(C(=O)Nc2ccccc2)CC1. The van der Waals surface area contributed by atoms with Gasteiger partial charge in [-0.15, -0.1) is 5.10 Å². The first-order valence-electron chi connectivity index (χ1n) is 9.71. The Morgan fingerprint density at radius 1 is 1.14 bits per heavy atom. The number of anilines is 1. The Labute approximate surface area is 168 Å². The summed E-state index contributed by atoms with van der Waals surface area (Å²) in [7, 11) is 0. The van der Waals surface area contributed by atoms with Crippen molar-refractivity contribution in [2.24, 2.45) is 5.92 Å². The number of carbonyl (C=O) groups is 2. The Kier molecular flexibility index (Phi) is 5.61. The average Bonchev–Trinajstić information content (AvgIpc) is 3.47. The molecule has 2 heterocycles. The third-order valence-corrected chi connectivity index (χ3v) is 6.24. The van der Waals surface area contributed by atoms with E-state index in [2.05, 4.69) is 20.8 Å². The molecule has 4 rings (SSSR count). The number of rotatable bonds is 6. The fraction of sp³-hybridized carbons (Fsp3) is 0.526. The normalized spacial score (nSPS) is 18.7. The minimum Gasteiger partial charge on any atom is -0.342 e. The van der Waals surface area contributed by atoms with Crippen LogP contribution in [-0.2, 0) is 9.59 Å². The van der Waals surface area contributed by atoms with E-state index in [4.69, 9.17) is 0 Å². The summed E-state index contributed by atoms with van der Waals surface area (Å²) in [6.07, 6.45) is 3.56. The van der Waals surface area contributed by atoms with Crippen LogP contribution in [0.3, 0.4) is 0 Å². The summed E-state index contributed by atoms with van der Waals surface area (Å²) in [5.74, 6) is 0.0518. The van der Waals surface area contributed by atoms with Gasteiger partial charge in [0.15, 0.2) is 0 Å². The fourth-order valence-corrected chi connectivity index (χ4v) is 4.35. The van der Waals surface area contributed by atoms with Crippen LogP contribution >= 0.6 is 11.8 Å². The number of piperidine rings is 1. The third-order valence-electron chi connectivity index (χ3n) is 5.20. The predicted octanol–water partition coefficient (Wildman–Crippen LogP) is 2.37. The summed E-state index contributed by atoms with van der Waals surface area (Å²) < 4.78 is 1.83. The van der Waals surface area contributed by atoms with Crippen LogP contribution in [0.5, 0.6) is 0 Å². The maximum absolute atomic E-state index is 12.8. The van der Waals surface area contributed by atoms with Gasteiger partial charge >= 0.3 is 0 Å². The van der Waals surface area contributed by atoms with Crippen molar-refractivity contribution in [1.82, 2.24) is 25.1 Å². The van der Waals surface area contributed by atoms with Crippen LogP contribution in [-0.4, -0.2) is 55.3 Å². The summed E-state index contributed by atoms with van der Waals surface area (Å²) in [6, 6.07) is 9.86. The number of carbonyl (C=O) groups excluding carboxylic acids is 2. The van der Waals surface area contributed by atoms with Gasteiger partial charge in [-0.25, -0.2) is 4.68 Å². The van der Waals surface area contributed by atoms with Crippen LogP contribution in [0.15, 0.2) is 35.5 Å². The Morgan fingerprint density at radius 2 is 1.86 bits per heavy atom. The molecule has 1 unspecified atom stereocenters. The second kappa shape index (κ2) is 8.30. The highest BCUT2D eigenvalue weighted by molar-refractivity contribution is 8.00. The van der Waals surface area contributed by atoms with Crippen molar-refractivity contribution in [1.29, 1.82) is 0 Å². The van der Waals surface area contributed by atoms with Crippen molar-refractivity contribution in [3.05, 3.63) is 30.3 Å². The lowest BCUT2D eigenvalue weighted by Crippen LogP contribution is -2.44. The molecule has 1 saturated carbocycles. The Hall–Kier alpha value is -2.42. The summed E-state index contributed by atoms with van der Waals surface area (Å²) in [5, 5.41) is 15.3. The quantitative estimate of drug-likeness (QED) is 0.749. The van der Waals surface area contributed by atoms with E-state index in [1.807, 2.05) is 46.8 Å². The van der Waals surface area contributed by atoms with E-state index in [0.717, 1.165) is 18.5 Å². The van der Waals surface area contributed by atoms with Crippen LogP contribution in [0.4, 0.5) is 5.69 Å². The molecule has 2 aromatic rings. The number of likely N-dealkylation sites (tertiary alicyclic amines) is 1. The molecule has 2 fully saturated rings. The van der Waals surface area contributed by atoms with Gasteiger partial charge in [0.25, 0.3) is 0 Å². The van der Waals surface area contributed by atoms with Gasteiger partial charge in [0.05, 0.1) is 11.3 Å². The van der Waals surface area contributed by atoms with Gasteiger partial charge in [0.1, 0.15) is 0 Å². The molecular weight excluding hydrogens is 376 g/mol. The van der Waals surface area contributed by atoms with Gasteiger partial charge in [-0.3, -0.25) is 9.59 Å². The van der Waals surface area contributed by atoms with Crippen LogP contribution in [0.1, 0.15) is 38.6 Å². The number of hydrogen-bond donors (Lipinski definition) is 1. The zero-order valence-corrected chi connectivity index (χ0v) is 16.6. The van der Waals surface area contributed by atoms with Gasteiger partial charge in [-0.1, -0.05) is 30.0 Å². The molecule has 1 saturated heterocycles. The Morgan fingerprint density at radius 3 is 2.54 bits per heavy atom. The molecule has 1 aromatic carbocycles. The average molecular weight is 401 g/mol. The fourth-order valence-electron chi connectivity index (χ4n) is 3.40. The Bertz CT molecular complexity index is 830. The highest BCUT2D eigenvalue weighted by atomic mass is 32.2. The van der Waals surface area contributed by atoms with Crippen molar-refractivity contribution in [2.45, 2.75) is 49.1 Å². The van der Waals surface area contributed by atoms with Crippen molar-refractivity contribution in [3.8, 4) is 0 Å². The van der Waals surface area contributed by atoms with E-state index in [1.165, 1.54) is 11.8 Å². The van der Waals surface area contributed by atoms with Crippen LogP contribution in [0, 0.1) is 5.92 Å². The molecule has 1 atom stereocenters. The number of nitrogens with zero attached hydrogens (tertiary/aromatic N) is 5.